The second kappa shape index (κ2) is 1.06. The molecular formula is C3H2N4O. The Kier molecular flexibility index (Phi) is 0.476. The van der Waals surface area contributed by atoms with Crippen molar-refractivity contribution in [3.63, 3.8) is 0 Å². The van der Waals surface area contributed by atoms with Crippen LogP contribution in [0.1, 0.15) is 0 Å². The zero-order chi connectivity index (χ0) is 5.40. The largest absolute Gasteiger partial charge is 0.342 e. The highest BCUT2D eigenvalue weighted by molar-refractivity contribution is 5.27. The molecule has 2 aromatic heterocycles. The first-order chi connectivity index (χ1) is 3.97. The Balaban J connectivity index is 3.06. The molecule has 0 unspecified atom stereocenters. The molecule has 40 valence electrons. The Morgan fingerprint density at radius 2 is 2.62 bits per heavy atom. The summed E-state index contributed by atoms with van der Waals surface area (Å²) in [4.78, 5) is 3.75. The summed E-state index contributed by atoms with van der Waals surface area (Å²) in [7, 11) is 0. The highest BCUT2D eigenvalue weighted by atomic mass is 16.5. The van der Waals surface area contributed by atoms with Gasteiger partial charge in [0.15, 0.2) is 0 Å². The Hall–Kier alpha value is -1.39. The van der Waals surface area contributed by atoms with Crippen molar-refractivity contribution in [3.8, 4) is 0 Å². The fourth-order valence-electron chi connectivity index (χ4n) is 0.500. The van der Waals surface area contributed by atoms with E-state index in [0.717, 1.165) is 0 Å². The van der Waals surface area contributed by atoms with Crippen molar-refractivity contribution in [1.82, 2.24) is 20.0 Å². The van der Waals surface area contributed by atoms with E-state index in [0.29, 0.717) is 5.65 Å². The van der Waals surface area contributed by atoms with Gasteiger partial charge in [0.25, 0.3) is 0 Å². The molecule has 2 rings (SSSR count). The van der Waals surface area contributed by atoms with Gasteiger partial charge < -0.3 is 4.52 Å². The molecular weight excluding hydrogens is 108 g/mol. The Bertz CT molecular complexity index is 233. The molecule has 0 aliphatic carbocycles. The van der Waals surface area contributed by atoms with Crippen LogP contribution in [0.5, 0.6) is 0 Å². The summed E-state index contributed by atoms with van der Waals surface area (Å²) in [6.45, 7) is 0. The van der Waals surface area contributed by atoms with Crippen molar-refractivity contribution in [2.45, 2.75) is 0 Å². The third-order valence-corrected chi connectivity index (χ3v) is 0.834. The fraction of sp³-hybridized carbons (Fsp3) is 0. The van der Waals surface area contributed by atoms with Gasteiger partial charge in [0.1, 0.15) is 0 Å². The van der Waals surface area contributed by atoms with Gasteiger partial charge in [-0.2, -0.15) is 4.98 Å². The quantitative estimate of drug-likeness (QED) is 0.468. The minimum absolute atomic E-state index is 0.630. The van der Waals surface area contributed by atoms with Crippen molar-refractivity contribution in [2.75, 3.05) is 0 Å². The van der Waals surface area contributed by atoms with E-state index in [4.69, 9.17) is 0 Å². The molecule has 0 spiro atoms. The van der Waals surface area contributed by atoms with Crippen molar-refractivity contribution in [1.29, 1.82) is 0 Å². The van der Waals surface area contributed by atoms with Crippen LogP contribution in [-0.4, -0.2) is 20.0 Å². The molecule has 2 heterocycles. The van der Waals surface area contributed by atoms with Gasteiger partial charge in [-0.1, -0.05) is 4.69 Å². The molecule has 0 atom stereocenters. The maximum absolute atomic E-state index is 4.69. The maximum Gasteiger partial charge on any atom is 0.215 e. The minimum atomic E-state index is 0.630. The van der Waals surface area contributed by atoms with E-state index in [9.17, 15) is 0 Å². The van der Waals surface area contributed by atoms with Crippen LogP contribution < -0.4 is 0 Å². The number of rotatable bonds is 0. The van der Waals surface area contributed by atoms with Crippen LogP contribution in [0, 0.1) is 0 Å². The molecule has 0 saturated carbocycles. The van der Waals surface area contributed by atoms with Gasteiger partial charge in [-0.05, 0) is 5.21 Å². The normalized spacial score (nSPS) is 10.5. The zero-order valence-electron chi connectivity index (χ0n) is 3.85. The van der Waals surface area contributed by atoms with Gasteiger partial charge in [-0.25, -0.2) is 0 Å². The SMILES string of the molecule is c1nc2cnnn2o1. The van der Waals surface area contributed by atoms with Gasteiger partial charge in [-0.15, -0.1) is 5.10 Å². The van der Waals surface area contributed by atoms with Gasteiger partial charge in [-0.3, -0.25) is 0 Å². The van der Waals surface area contributed by atoms with E-state index in [2.05, 4.69) is 19.8 Å². The van der Waals surface area contributed by atoms with E-state index < -0.39 is 0 Å². The molecule has 0 N–H and O–H groups in total. The van der Waals surface area contributed by atoms with Crippen LogP contribution in [-0.2, 0) is 0 Å². The molecule has 2 aromatic rings. The van der Waals surface area contributed by atoms with Crippen LogP contribution in [0.3, 0.4) is 0 Å². The molecule has 0 saturated heterocycles. The van der Waals surface area contributed by atoms with E-state index in [1.807, 2.05) is 0 Å². The predicted octanol–water partition coefficient (Wildman–Crippen LogP) is -0.283. The summed E-state index contributed by atoms with van der Waals surface area (Å²) in [6, 6.07) is 0. The number of hydrogen-bond donors (Lipinski definition) is 0. The van der Waals surface area contributed by atoms with Gasteiger partial charge in [0, 0.05) is 0 Å². The maximum atomic E-state index is 4.69. The Labute approximate surface area is 43.9 Å². The highest BCUT2D eigenvalue weighted by Crippen LogP contribution is 1.90. The van der Waals surface area contributed by atoms with Crippen molar-refractivity contribution in [3.05, 3.63) is 12.6 Å². The molecule has 0 aliphatic rings. The molecule has 5 heteroatoms. The zero-order valence-corrected chi connectivity index (χ0v) is 3.85. The molecule has 0 amide bonds. The van der Waals surface area contributed by atoms with E-state index in [-0.39, 0.29) is 0 Å². The van der Waals surface area contributed by atoms with E-state index in [1.165, 1.54) is 17.3 Å². The lowest BCUT2D eigenvalue weighted by molar-refractivity contribution is 0.327. The number of hydrogen-bond acceptors (Lipinski definition) is 4. The number of nitrogens with zero attached hydrogens (tertiary/aromatic N) is 4. The fourth-order valence-corrected chi connectivity index (χ4v) is 0.500. The Morgan fingerprint density at radius 3 is 3.50 bits per heavy atom. The molecule has 8 heavy (non-hydrogen) atoms. The minimum Gasteiger partial charge on any atom is -0.342 e. The topological polar surface area (TPSA) is 56.2 Å². The first-order valence-electron chi connectivity index (χ1n) is 2.07. The molecule has 0 fully saturated rings. The first kappa shape index (κ1) is 3.59. The standard InChI is InChI=1S/C3H2N4O/c1-3-4-2-8-7(3)6-5-1/h1-2H. The van der Waals surface area contributed by atoms with Gasteiger partial charge in [0.2, 0.25) is 12.0 Å². The van der Waals surface area contributed by atoms with Gasteiger partial charge >= 0.3 is 0 Å². The summed E-state index contributed by atoms with van der Waals surface area (Å²) in [5, 5.41) is 7.03. The van der Waals surface area contributed by atoms with Crippen LogP contribution in [0.2, 0.25) is 0 Å². The van der Waals surface area contributed by atoms with Crippen LogP contribution in [0.4, 0.5) is 0 Å². The second-order valence-electron chi connectivity index (χ2n) is 1.31. The smallest absolute Gasteiger partial charge is 0.215 e. The summed E-state index contributed by atoms with van der Waals surface area (Å²) in [5.74, 6) is 0. The predicted molar refractivity (Wildman–Crippen MR) is 23.0 cm³/mol. The Morgan fingerprint density at radius 1 is 1.62 bits per heavy atom. The van der Waals surface area contributed by atoms with E-state index in [1.54, 1.807) is 0 Å². The summed E-state index contributed by atoms with van der Waals surface area (Å²) in [6.07, 6.45) is 2.83. The van der Waals surface area contributed by atoms with Crippen LogP contribution in [0.15, 0.2) is 17.1 Å². The average molecular weight is 110 g/mol. The van der Waals surface area contributed by atoms with Crippen LogP contribution >= 0.6 is 0 Å². The molecule has 0 aliphatic heterocycles. The second-order valence-corrected chi connectivity index (χ2v) is 1.31. The molecule has 0 radical (unpaired) electrons. The summed E-state index contributed by atoms with van der Waals surface area (Å²) < 4.78 is 5.93. The molecule has 0 aromatic carbocycles. The monoisotopic (exact) mass is 110 g/mol. The van der Waals surface area contributed by atoms with E-state index >= 15 is 0 Å². The number of aromatic nitrogens is 4. The van der Waals surface area contributed by atoms with Gasteiger partial charge in [0.05, 0.1) is 6.20 Å². The first-order valence-corrected chi connectivity index (χ1v) is 2.07. The highest BCUT2D eigenvalue weighted by Gasteiger charge is 1.93. The van der Waals surface area contributed by atoms with Crippen molar-refractivity contribution < 1.29 is 4.52 Å². The van der Waals surface area contributed by atoms with Crippen LogP contribution in [0.25, 0.3) is 5.65 Å². The summed E-state index contributed by atoms with van der Waals surface area (Å²) in [5.41, 5.74) is 0.630. The third-order valence-electron chi connectivity index (χ3n) is 0.834. The average Bonchev–Trinajstić information content (AvgIpc) is 2.15. The molecule has 5 nitrogen and oxygen atoms in total. The lowest BCUT2D eigenvalue weighted by Crippen LogP contribution is -1.77. The number of fused-ring (bicyclic) bond motifs is 1. The lowest BCUT2D eigenvalue weighted by atomic mass is 10.8. The third kappa shape index (κ3) is 0.281. The van der Waals surface area contributed by atoms with Crippen molar-refractivity contribution >= 4 is 5.65 Å². The van der Waals surface area contributed by atoms with Crippen molar-refractivity contribution in [2.24, 2.45) is 0 Å². The summed E-state index contributed by atoms with van der Waals surface area (Å²) >= 11 is 0. The lowest BCUT2D eigenvalue weighted by Gasteiger charge is -1.67. The molecule has 0 bridgehead atoms.